The number of azo groups is 2. The van der Waals surface area contributed by atoms with Crippen LogP contribution >= 0.6 is 0 Å². The first kappa shape index (κ1) is 14.0. The van der Waals surface area contributed by atoms with Crippen LogP contribution in [0.25, 0.3) is 0 Å². The van der Waals surface area contributed by atoms with Gasteiger partial charge in [0.15, 0.2) is 11.6 Å². The molecule has 0 bridgehead atoms. The zero-order chi connectivity index (χ0) is 15.0. The van der Waals surface area contributed by atoms with E-state index in [1.165, 1.54) is 0 Å². The van der Waals surface area contributed by atoms with Crippen LogP contribution in [0.15, 0.2) is 92.9 Å². The normalized spacial score (nSPS) is 14.6. The lowest BCUT2D eigenvalue weighted by Crippen LogP contribution is -1.80. The maximum Gasteiger partial charge on any atom is 0.176 e. The number of pyridine rings is 1. The molecule has 1 aliphatic carbocycles. The highest BCUT2D eigenvalue weighted by atomic mass is 15.2. The molecule has 5 nitrogen and oxygen atoms in total. The molecule has 0 saturated carbocycles. The molecular weight excluding hydrogens is 274 g/mol. The first-order valence-electron chi connectivity index (χ1n) is 7.12. The van der Waals surface area contributed by atoms with Gasteiger partial charge in [-0.25, -0.2) is 4.98 Å². The van der Waals surface area contributed by atoms with Gasteiger partial charge in [-0.15, -0.1) is 20.5 Å². The molecule has 0 amide bonds. The molecule has 0 radical (unpaired) electrons. The summed E-state index contributed by atoms with van der Waals surface area (Å²) in [6.07, 6.45) is 8.18. The largest absolute Gasteiger partial charge is 0.206 e. The van der Waals surface area contributed by atoms with Crippen LogP contribution in [0.4, 0.5) is 17.3 Å². The predicted octanol–water partition coefficient (Wildman–Crippen LogP) is 5.81. The molecule has 0 atom stereocenters. The summed E-state index contributed by atoms with van der Waals surface area (Å²) >= 11 is 0. The van der Waals surface area contributed by atoms with Gasteiger partial charge in [0.25, 0.3) is 0 Å². The minimum absolute atomic E-state index is 0.508. The first-order valence-corrected chi connectivity index (χ1v) is 7.12. The summed E-state index contributed by atoms with van der Waals surface area (Å²) in [4.78, 5) is 4.30. The Morgan fingerprint density at radius 1 is 0.727 bits per heavy atom. The Bertz CT molecular complexity index is 745. The molecule has 3 rings (SSSR count). The average molecular weight is 289 g/mol. The maximum atomic E-state index is 4.30. The number of hydrogen-bond acceptors (Lipinski definition) is 5. The summed E-state index contributed by atoms with van der Waals surface area (Å²) in [5, 5.41) is 16.6. The van der Waals surface area contributed by atoms with E-state index >= 15 is 0 Å². The van der Waals surface area contributed by atoms with Gasteiger partial charge in [-0.05, 0) is 43.2 Å². The maximum absolute atomic E-state index is 4.30. The van der Waals surface area contributed by atoms with Crippen molar-refractivity contribution in [2.24, 2.45) is 20.5 Å². The van der Waals surface area contributed by atoms with Crippen molar-refractivity contribution in [2.75, 3.05) is 0 Å². The standard InChI is InChI=1S/C17H15N5/c1-3-8-14(9-4-1)19-21-16-12-7-13-17(18-16)22-20-15-10-5-2-6-11-15/h1,3-5,7-13H,2,6H2. The van der Waals surface area contributed by atoms with E-state index in [0.29, 0.717) is 11.6 Å². The van der Waals surface area contributed by atoms with Crippen LogP contribution in [0.5, 0.6) is 0 Å². The van der Waals surface area contributed by atoms with Crippen LogP contribution in [0.1, 0.15) is 12.8 Å². The van der Waals surface area contributed by atoms with E-state index in [4.69, 9.17) is 0 Å². The van der Waals surface area contributed by atoms with Gasteiger partial charge in [0, 0.05) is 0 Å². The fourth-order valence-electron chi connectivity index (χ4n) is 1.91. The van der Waals surface area contributed by atoms with Crippen LogP contribution in [-0.2, 0) is 0 Å². The van der Waals surface area contributed by atoms with Crippen molar-refractivity contribution in [1.29, 1.82) is 0 Å². The highest BCUT2D eigenvalue weighted by molar-refractivity contribution is 5.39. The number of aromatic nitrogens is 1. The lowest BCUT2D eigenvalue weighted by Gasteiger charge is -1.99. The summed E-state index contributed by atoms with van der Waals surface area (Å²) < 4.78 is 0. The van der Waals surface area contributed by atoms with Gasteiger partial charge in [-0.3, -0.25) is 0 Å². The molecule has 0 spiro atoms. The molecule has 1 aromatic carbocycles. The lowest BCUT2D eigenvalue weighted by atomic mass is 10.2. The zero-order valence-corrected chi connectivity index (χ0v) is 12.0. The van der Waals surface area contributed by atoms with Gasteiger partial charge in [0.2, 0.25) is 0 Å². The minimum Gasteiger partial charge on any atom is -0.206 e. The van der Waals surface area contributed by atoms with Crippen molar-refractivity contribution in [2.45, 2.75) is 12.8 Å². The molecule has 2 aromatic rings. The zero-order valence-electron chi connectivity index (χ0n) is 12.0. The molecular formula is C17H15N5. The number of rotatable bonds is 4. The van der Waals surface area contributed by atoms with Crippen LogP contribution in [-0.4, -0.2) is 4.98 Å². The third-order valence-electron chi connectivity index (χ3n) is 2.99. The van der Waals surface area contributed by atoms with Crippen LogP contribution < -0.4 is 0 Å². The molecule has 0 fully saturated rings. The molecule has 5 heteroatoms. The predicted molar refractivity (Wildman–Crippen MR) is 85.8 cm³/mol. The van der Waals surface area contributed by atoms with Crippen molar-refractivity contribution in [3.63, 3.8) is 0 Å². The second-order valence-electron chi connectivity index (χ2n) is 4.70. The molecule has 1 aromatic heterocycles. The van der Waals surface area contributed by atoms with Crippen molar-refractivity contribution < 1.29 is 0 Å². The molecule has 22 heavy (non-hydrogen) atoms. The number of nitrogens with zero attached hydrogens (tertiary/aromatic N) is 5. The van der Waals surface area contributed by atoms with Crippen molar-refractivity contribution in [3.8, 4) is 0 Å². The third kappa shape index (κ3) is 4.02. The summed E-state index contributed by atoms with van der Waals surface area (Å²) in [5.41, 5.74) is 1.65. The molecule has 0 unspecified atom stereocenters. The van der Waals surface area contributed by atoms with Gasteiger partial charge in [-0.1, -0.05) is 36.4 Å². The number of hydrogen-bond donors (Lipinski definition) is 0. The highest BCUT2D eigenvalue weighted by Crippen LogP contribution is 2.20. The summed E-state index contributed by atoms with van der Waals surface area (Å²) in [5.74, 6) is 1.03. The second kappa shape index (κ2) is 7.17. The molecule has 0 N–H and O–H groups in total. The second-order valence-corrected chi connectivity index (χ2v) is 4.70. The monoisotopic (exact) mass is 289 g/mol. The van der Waals surface area contributed by atoms with Gasteiger partial charge in [-0.2, -0.15) is 0 Å². The molecule has 1 heterocycles. The van der Waals surface area contributed by atoms with Gasteiger partial charge < -0.3 is 0 Å². The molecule has 108 valence electrons. The topological polar surface area (TPSA) is 62.3 Å². The summed E-state index contributed by atoms with van der Waals surface area (Å²) in [7, 11) is 0. The fourth-order valence-corrected chi connectivity index (χ4v) is 1.91. The fraction of sp³-hybridized carbons (Fsp3) is 0.118. The van der Waals surface area contributed by atoms with Gasteiger partial charge in [0.1, 0.15) is 0 Å². The Morgan fingerprint density at radius 3 is 2.23 bits per heavy atom. The third-order valence-corrected chi connectivity index (χ3v) is 2.99. The number of benzene rings is 1. The van der Waals surface area contributed by atoms with E-state index in [9.17, 15) is 0 Å². The van der Waals surface area contributed by atoms with E-state index in [-0.39, 0.29) is 0 Å². The van der Waals surface area contributed by atoms with Crippen LogP contribution in [0.2, 0.25) is 0 Å². The molecule has 0 aliphatic heterocycles. The van der Waals surface area contributed by atoms with Gasteiger partial charge >= 0.3 is 0 Å². The van der Waals surface area contributed by atoms with Crippen molar-refractivity contribution >= 4 is 17.3 Å². The Balaban J connectivity index is 1.72. The lowest BCUT2D eigenvalue weighted by molar-refractivity contribution is 0.988. The van der Waals surface area contributed by atoms with Crippen molar-refractivity contribution in [3.05, 3.63) is 72.5 Å². The van der Waals surface area contributed by atoms with Crippen LogP contribution in [0, 0.1) is 0 Å². The SMILES string of the molecule is C1=CC(N=Nc2cccc(N=Nc3ccccc3)n2)=CCC1. The van der Waals surface area contributed by atoms with E-state index in [2.05, 4.69) is 37.6 Å². The van der Waals surface area contributed by atoms with E-state index in [1.807, 2.05) is 42.5 Å². The molecule has 0 saturated heterocycles. The summed E-state index contributed by atoms with van der Waals surface area (Å²) in [6, 6.07) is 14.9. The Kier molecular flexibility index (Phi) is 4.57. The Labute approximate surface area is 128 Å². The van der Waals surface area contributed by atoms with E-state index in [0.717, 1.165) is 24.2 Å². The first-order chi connectivity index (χ1) is 10.9. The summed E-state index contributed by atoms with van der Waals surface area (Å²) in [6.45, 7) is 0. The number of allylic oxidation sites excluding steroid dienone is 3. The van der Waals surface area contributed by atoms with Crippen molar-refractivity contribution in [1.82, 2.24) is 4.98 Å². The van der Waals surface area contributed by atoms with E-state index in [1.54, 1.807) is 12.1 Å². The van der Waals surface area contributed by atoms with E-state index < -0.39 is 0 Å². The molecule has 1 aliphatic rings. The Hall–Kier alpha value is -2.95. The highest BCUT2D eigenvalue weighted by Gasteiger charge is 1.97. The van der Waals surface area contributed by atoms with Crippen LogP contribution in [0.3, 0.4) is 0 Å². The average Bonchev–Trinajstić information content (AvgIpc) is 2.60. The smallest absolute Gasteiger partial charge is 0.176 e. The van der Waals surface area contributed by atoms with Gasteiger partial charge in [0.05, 0.1) is 11.4 Å². The Morgan fingerprint density at radius 2 is 1.50 bits per heavy atom. The quantitative estimate of drug-likeness (QED) is 0.654. The minimum atomic E-state index is 0.508.